The van der Waals surface area contributed by atoms with Gasteiger partial charge in [-0.2, -0.15) is 0 Å². The van der Waals surface area contributed by atoms with E-state index in [9.17, 15) is 9.59 Å². The number of hydrogen-bond acceptors (Lipinski definition) is 2. The number of hydrogen-bond donors (Lipinski definition) is 1. The van der Waals surface area contributed by atoms with E-state index in [-0.39, 0.29) is 17.7 Å². The van der Waals surface area contributed by atoms with Crippen molar-refractivity contribution in [1.82, 2.24) is 10.2 Å². The lowest BCUT2D eigenvalue weighted by Gasteiger charge is -2.18. The van der Waals surface area contributed by atoms with Crippen LogP contribution in [0.5, 0.6) is 0 Å². The Morgan fingerprint density at radius 1 is 1.15 bits per heavy atom. The number of ketones is 1. The Morgan fingerprint density at radius 2 is 1.62 bits per heavy atom. The Kier molecular flexibility index (Phi) is 4.45. The van der Waals surface area contributed by atoms with Crippen LogP contribution in [0, 0.1) is 5.92 Å². The van der Waals surface area contributed by atoms with Crippen LogP contribution in [-0.2, 0) is 4.79 Å². The third-order valence-corrected chi connectivity index (χ3v) is 1.74. The van der Waals surface area contributed by atoms with Crippen LogP contribution < -0.4 is 5.32 Å². The SMILES string of the molecule is CC(C)C(=O)C(C)NC(=O)N(C)C. The number of carbonyl (C=O) groups excluding carboxylic acids is 2. The fraction of sp³-hybridized carbons (Fsp3) is 0.778. The number of Topliss-reactive ketones (excluding diaryl/α,β-unsaturated/α-hetero) is 1. The number of nitrogens with one attached hydrogen (secondary N) is 1. The number of carbonyl (C=O) groups is 2. The highest BCUT2D eigenvalue weighted by molar-refractivity contribution is 5.89. The standard InChI is InChI=1S/C9H18N2O2/c1-6(2)8(12)7(3)10-9(13)11(4)5/h6-7H,1-5H3,(H,10,13). The van der Waals surface area contributed by atoms with Crippen molar-refractivity contribution in [3.63, 3.8) is 0 Å². The van der Waals surface area contributed by atoms with Gasteiger partial charge in [0.25, 0.3) is 0 Å². The maximum absolute atomic E-state index is 11.4. The molecule has 4 nitrogen and oxygen atoms in total. The van der Waals surface area contributed by atoms with E-state index in [0.717, 1.165) is 0 Å². The Bertz CT molecular complexity index is 200. The lowest BCUT2D eigenvalue weighted by atomic mass is 10.0. The highest BCUT2D eigenvalue weighted by atomic mass is 16.2. The average molecular weight is 186 g/mol. The van der Waals surface area contributed by atoms with Gasteiger partial charge in [-0.25, -0.2) is 4.79 Å². The van der Waals surface area contributed by atoms with Gasteiger partial charge in [-0.3, -0.25) is 4.79 Å². The van der Waals surface area contributed by atoms with Crippen molar-refractivity contribution >= 4 is 11.8 Å². The Labute approximate surface area is 79.3 Å². The zero-order chi connectivity index (χ0) is 10.6. The summed E-state index contributed by atoms with van der Waals surface area (Å²) in [5.41, 5.74) is 0. The maximum Gasteiger partial charge on any atom is 0.317 e. The normalized spacial score (nSPS) is 12.5. The first-order valence-corrected chi connectivity index (χ1v) is 4.37. The monoisotopic (exact) mass is 186 g/mol. The molecule has 0 spiro atoms. The van der Waals surface area contributed by atoms with Gasteiger partial charge in [-0.1, -0.05) is 13.8 Å². The first-order chi connectivity index (χ1) is 5.86. The molecule has 1 N–H and O–H groups in total. The van der Waals surface area contributed by atoms with Crippen molar-refractivity contribution in [3.8, 4) is 0 Å². The minimum absolute atomic E-state index is 0.0440. The Hall–Kier alpha value is -1.06. The van der Waals surface area contributed by atoms with Crippen LogP contribution in [0.25, 0.3) is 0 Å². The smallest absolute Gasteiger partial charge is 0.317 e. The van der Waals surface area contributed by atoms with E-state index in [0.29, 0.717) is 0 Å². The molecule has 1 atom stereocenters. The second-order valence-electron chi connectivity index (χ2n) is 3.62. The van der Waals surface area contributed by atoms with Crippen LogP contribution in [0.4, 0.5) is 4.79 Å². The van der Waals surface area contributed by atoms with Crippen LogP contribution >= 0.6 is 0 Å². The topological polar surface area (TPSA) is 49.4 Å². The van der Waals surface area contributed by atoms with Crippen molar-refractivity contribution < 1.29 is 9.59 Å². The molecule has 76 valence electrons. The molecular weight excluding hydrogens is 168 g/mol. The summed E-state index contributed by atoms with van der Waals surface area (Å²) in [5.74, 6) is 0.00709. The third kappa shape index (κ3) is 3.92. The van der Waals surface area contributed by atoms with E-state index in [4.69, 9.17) is 0 Å². The van der Waals surface area contributed by atoms with Crippen molar-refractivity contribution in [1.29, 1.82) is 0 Å². The summed E-state index contributed by atoms with van der Waals surface area (Å²) in [6.07, 6.45) is 0. The number of nitrogens with zero attached hydrogens (tertiary/aromatic N) is 1. The Morgan fingerprint density at radius 3 is 1.92 bits per heavy atom. The van der Waals surface area contributed by atoms with E-state index in [1.807, 2.05) is 13.8 Å². The molecular formula is C9H18N2O2. The molecule has 1 unspecified atom stereocenters. The summed E-state index contributed by atoms with van der Waals surface area (Å²) < 4.78 is 0. The molecule has 0 aromatic heterocycles. The first kappa shape index (κ1) is 11.9. The summed E-state index contributed by atoms with van der Waals surface area (Å²) >= 11 is 0. The highest BCUT2D eigenvalue weighted by Crippen LogP contribution is 1.99. The molecule has 4 heteroatoms. The fourth-order valence-corrected chi connectivity index (χ4v) is 0.885. The number of amides is 2. The predicted molar refractivity (Wildman–Crippen MR) is 51.5 cm³/mol. The van der Waals surface area contributed by atoms with Gasteiger partial charge in [-0.05, 0) is 6.92 Å². The molecule has 0 aliphatic carbocycles. The highest BCUT2D eigenvalue weighted by Gasteiger charge is 2.18. The molecule has 0 fully saturated rings. The molecule has 2 amide bonds. The minimum Gasteiger partial charge on any atom is -0.331 e. The summed E-state index contributed by atoms with van der Waals surface area (Å²) in [7, 11) is 3.28. The largest absolute Gasteiger partial charge is 0.331 e. The lowest BCUT2D eigenvalue weighted by molar-refractivity contribution is -0.123. The van der Waals surface area contributed by atoms with Crippen molar-refractivity contribution in [3.05, 3.63) is 0 Å². The lowest BCUT2D eigenvalue weighted by Crippen LogP contribution is -2.45. The molecule has 0 saturated heterocycles. The summed E-state index contributed by atoms with van der Waals surface area (Å²) in [5, 5.41) is 2.60. The quantitative estimate of drug-likeness (QED) is 0.711. The van der Waals surface area contributed by atoms with Gasteiger partial charge in [0, 0.05) is 20.0 Å². The molecule has 0 heterocycles. The average Bonchev–Trinajstić information content (AvgIpc) is 2.02. The zero-order valence-electron chi connectivity index (χ0n) is 8.92. The second-order valence-corrected chi connectivity index (χ2v) is 3.62. The molecule has 0 aliphatic rings. The molecule has 0 radical (unpaired) electrons. The molecule has 13 heavy (non-hydrogen) atoms. The number of urea groups is 1. The van der Waals surface area contributed by atoms with E-state index in [2.05, 4.69) is 5.32 Å². The Balaban J connectivity index is 4.08. The maximum atomic E-state index is 11.4. The molecule has 0 aromatic carbocycles. The third-order valence-electron chi connectivity index (χ3n) is 1.74. The molecule has 0 aromatic rings. The summed E-state index contributed by atoms with van der Waals surface area (Å²) in [4.78, 5) is 23.9. The first-order valence-electron chi connectivity index (χ1n) is 4.37. The van der Waals surface area contributed by atoms with Crippen LogP contribution in [0.3, 0.4) is 0 Å². The van der Waals surface area contributed by atoms with Crippen molar-refractivity contribution in [2.24, 2.45) is 5.92 Å². The number of rotatable bonds is 3. The molecule has 0 aliphatic heterocycles. The summed E-state index contributed by atoms with van der Waals surface area (Å²) in [6, 6.07) is -0.642. The van der Waals surface area contributed by atoms with Gasteiger partial charge in [0.2, 0.25) is 0 Å². The van der Waals surface area contributed by atoms with Crippen LogP contribution in [0.2, 0.25) is 0 Å². The van der Waals surface area contributed by atoms with Crippen LogP contribution in [0.1, 0.15) is 20.8 Å². The molecule has 0 bridgehead atoms. The fourth-order valence-electron chi connectivity index (χ4n) is 0.885. The molecule has 0 saturated carbocycles. The molecule has 0 rings (SSSR count). The minimum atomic E-state index is -0.408. The van der Waals surface area contributed by atoms with Crippen LogP contribution in [0.15, 0.2) is 0 Å². The van der Waals surface area contributed by atoms with Gasteiger partial charge in [0.05, 0.1) is 6.04 Å². The van der Waals surface area contributed by atoms with Gasteiger partial charge < -0.3 is 10.2 Å². The van der Waals surface area contributed by atoms with Gasteiger partial charge >= 0.3 is 6.03 Å². The predicted octanol–water partition coefficient (Wildman–Crippen LogP) is 0.871. The van der Waals surface area contributed by atoms with Crippen molar-refractivity contribution in [2.75, 3.05) is 14.1 Å². The van der Waals surface area contributed by atoms with E-state index in [1.165, 1.54) is 4.90 Å². The summed E-state index contributed by atoms with van der Waals surface area (Å²) in [6.45, 7) is 5.34. The van der Waals surface area contributed by atoms with Crippen molar-refractivity contribution in [2.45, 2.75) is 26.8 Å². The van der Waals surface area contributed by atoms with Gasteiger partial charge in [0.15, 0.2) is 5.78 Å². The van der Waals surface area contributed by atoms with Crippen LogP contribution in [-0.4, -0.2) is 36.9 Å². The van der Waals surface area contributed by atoms with E-state index in [1.54, 1.807) is 21.0 Å². The van der Waals surface area contributed by atoms with E-state index < -0.39 is 6.04 Å². The van der Waals surface area contributed by atoms with Gasteiger partial charge in [0.1, 0.15) is 0 Å². The zero-order valence-corrected chi connectivity index (χ0v) is 8.92. The second kappa shape index (κ2) is 4.84. The van der Waals surface area contributed by atoms with Gasteiger partial charge in [-0.15, -0.1) is 0 Å². The van der Waals surface area contributed by atoms with E-state index >= 15 is 0 Å².